The van der Waals surface area contributed by atoms with Crippen molar-refractivity contribution in [3.8, 4) is 0 Å². The van der Waals surface area contributed by atoms with Crippen molar-refractivity contribution in [1.29, 1.82) is 0 Å². The van der Waals surface area contributed by atoms with Gasteiger partial charge in [-0.05, 0) is 25.8 Å². The van der Waals surface area contributed by atoms with E-state index in [1.807, 2.05) is 0 Å². The first-order valence-electron chi connectivity index (χ1n) is 5.72. The molecule has 1 heteroatoms. The fourth-order valence-corrected chi connectivity index (χ4v) is 2.21. The molecule has 0 amide bonds. The lowest BCUT2D eigenvalue weighted by molar-refractivity contribution is 0.224. The van der Waals surface area contributed by atoms with Crippen LogP contribution in [0, 0.1) is 0 Å². The van der Waals surface area contributed by atoms with Crippen LogP contribution in [0.4, 0.5) is 0 Å². The second kappa shape index (κ2) is 4.63. The van der Waals surface area contributed by atoms with Gasteiger partial charge in [-0.2, -0.15) is 0 Å². The highest BCUT2D eigenvalue weighted by molar-refractivity contribution is 5.19. The second-order valence-corrected chi connectivity index (χ2v) is 4.40. The molecule has 1 atom stereocenters. The van der Waals surface area contributed by atoms with Crippen LogP contribution in [-0.2, 0) is 0 Å². The molecule has 1 aliphatic heterocycles. The zero-order chi connectivity index (χ0) is 10.7. The zero-order valence-electron chi connectivity index (χ0n) is 9.61. The molecule has 0 saturated heterocycles. The minimum absolute atomic E-state index is 0.537. The predicted octanol–water partition coefficient (Wildman–Crippen LogP) is 3.40. The minimum Gasteiger partial charge on any atom is -0.292 e. The third-order valence-corrected chi connectivity index (χ3v) is 3.19. The van der Waals surface area contributed by atoms with E-state index in [-0.39, 0.29) is 0 Å². The average Bonchev–Trinajstić information content (AvgIpc) is 2.29. The Bertz CT molecular complexity index is 340. The second-order valence-electron chi connectivity index (χ2n) is 4.40. The molecule has 0 spiro atoms. The van der Waals surface area contributed by atoms with Crippen LogP contribution in [0.1, 0.15) is 31.9 Å². The van der Waals surface area contributed by atoms with Gasteiger partial charge < -0.3 is 0 Å². The highest BCUT2D eigenvalue weighted by Crippen LogP contribution is 2.23. The Morgan fingerprint density at radius 2 is 1.93 bits per heavy atom. The normalized spacial score (nSPS) is 19.7. The summed E-state index contributed by atoms with van der Waals surface area (Å²) in [5.41, 5.74) is 2.93. The molecule has 0 fully saturated rings. The molecule has 15 heavy (non-hydrogen) atoms. The largest absolute Gasteiger partial charge is 0.292 e. The highest BCUT2D eigenvalue weighted by atomic mass is 15.1. The predicted molar refractivity (Wildman–Crippen MR) is 64.8 cm³/mol. The van der Waals surface area contributed by atoms with E-state index in [0.717, 1.165) is 6.54 Å². The topological polar surface area (TPSA) is 3.24 Å². The molecule has 0 aliphatic carbocycles. The molecule has 1 aromatic carbocycles. The number of rotatable bonds is 2. The molecule has 80 valence electrons. The van der Waals surface area contributed by atoms with Crippen LogP contribution in [0.3, 0.4) is 0 Å². The first-order valence-corrected chi connectivity index (χ1v) is 5.72. The molecule has 1 aromatic rings. The fraction of sp³-hybridized carbons (Fsp3) is 0.429. The van der Waals surface area contributed by atoms with Gasteiger partial charge in [-0.3, -0.25) is 4.90 Å². The van der Waals surface area contributed by atoms with Gasteiger partial charge in [-0.15, -0.1) is 0 Å². The van der Waals surface area contributed by atoms with Crippen molar-refractivity contribution in [3.63, 3.8) is 0 Å². The fourth-order valence-electron chi connectivity index (χ4n) is 2.21. The molecule has 0 bridgehead atoms. The van der Waals surface area contributed by atoms with E-state index in [1.54, 1.807) is 0 Å². The number of hydrogen-bond donors (Lipinski definition) is 0. The van der Waals surface area contributed by atoms with Crippen LogP contribution in [0.25, 0.3) is 0 Å². The summed E-state index contributed by atoms with van der Waals surface area (Å²) in [6.07, 6.45) is 3.55. The van der Waals surface area contributed by atoms with Crippen LogP contribution in [0.5, 0.6) is 0 Å². The average molecular weight is 201 g/mol. The lowest BCUT2D eigenvalue weighted by atomic mass is 10.0. The molecule has 1 aliphatic rings. The Hall–Kier alpha value is -1.08. The molecule has 2 rings (SSSR count). The standard InChI is InChI=1S/C14H19N/c1-12-7-6-10-15(11-12)13(2)14-8-4-3-5-9-14/h3-5,7-9,13H,6,10-11H2,1-2H3/t13-/m1/s1. The Morgan fingerprint density at radius 1 is 1.20 bits per heavy atom. The van der Waals surface area contributed by atoms with Crippen molar-refractivity contribution in [2.24, 2.45) is 0 Å². The summed E-state index contributed by atoms with van der Waals surface area (Å²) in [4.78, 5) is 2.55. The van der Waals surface area contributed by atoms with Gasteiger partial charge >= 0.3 is 0 Å². The van der Waals surface area contributed by atoms with Gasteiger partial charge in [0.1, 0.15) is 0 Å². The number of benzene rings is 1. The van der Waals surface area contributed by atoms with Crippen molar-refractivity contribution in [2.75, 3.05) is 13.1 Å². The van der Waals surface area contributed by atoms with Crippen LogP contribution in [0.15, 0.2) is 42.0 Å². The molecule has 1 heterocycles. The number of nitrogens with zero attached hydrogens (tertiary/aromatic N) is 1. The maximum absolute atomic E-state index is 2.55. The van der Waals surface area contributed by atoms with Crippen molar-refractivity contribution >= 4 is 0 Å². The Labute approximate surface area is 92.4 Å². The lowest BCUT2D eigenvalue weighted by Crippen LogP contribution is -2.31. The van der Waals surface area contributed by atoms with E-state index in [2.05, 4.69) is 55.2 Å². The van der Waals surface area contributed by atoms with E-state index in [1.165, 1.54) is 24.1 Å². The van der Waals surface area contributed by atoms with E-state index >= 15 is 0 Å². The Morgan fingerprint density at radius 3 is 2.60 bits per heavy atom. The summed E-state index contributed by atoms with van der Waals surface area (Å²) in [6, 6.07) is 11.3. The molecule has 1 nitrogen and oxygen atoms in total. The zero-order valence-corrected chi connectivity index (χ0v) is 9.61. The Balaban J connectivity index is 2.09. The smallest absolute Gasteiger partial charge is 0.0323 e. The summed E-state index contributed by atoms with van der Waals surface area (Å²) in [5, 5.41) is 0. The molecular weight excluding hydrogens is 182 g/mol. The van der Waals surface area contributed by atoms with Gasteiger partial charge in [-0.1, -0.05) is 42.0 Å². The van der Waals surface area contributed by atoms with Gasteiger partial charge in [0.25, 0.3) is 0 Å². The van der Waals surface area contributed by atoms with Gasteiger partial charge in [0.05, 0.1) is 0 Å². The monoisotopic (exact) mass is 201 g/mol. The third kappa shape index (κ3) is 2.48. The van der Waals surface area contributed by atoms with Crippen LogP contribution < -0.4 is 0 Å². The summed E-state index contributed by atoms with van der Waals surface area (Å²) in [5.74, 6) is 0. The summed E-state index contributed by atoms with van der Waals surface area (Å²) in [6.45, 7) is 6.83. The summed E-state index contributed by atoms with van der Waals surface area (Å²) >= 11 is 0. The van der Waals surface area contributed by atoms with Crippen molar-refractivity contribution in [3.05, 3.63) is 47.5 Å². The molecular formula is C14H19N. The van der Waals surface area contributed by atoms with E-state index in [4.69, 9.17) is 0 Å². The van der Waals surface area contributed by atoms with Gasteiger partial charge in [-0.25, -0.2) is 0 Å². The van der Waals surface area contributed by atoms with Crippen LogP contribution in [0.2, 0.25) is 0 Å². The maximum Gasteiger partial charge on any atom is 0.0323 e. The third-order valence-electron chi connectivity index (χ3n) is 3.19. The lowest BCUT2D eigenvalue weighted by Gasteiger charge is -2.32. The van der Waals surface area contributed by atoms with E-state index < -0.39 is 0 Å². The molecule has 0 aromatic heterocycles. The van der Waals surface area contributed by atoms with Gasteiger partial charge in [0.15, 0.2) is 0 Å². The highest BCUT2D eigenvalue weighted by Gasteiger charge is 2.17. The van der Waals surface area contributed by atoms with Crippen molar-refractivity contribution in [2.45, 2.75) is 26.3 Å². The Kier molecular flexibility index (Phi) is 3.22. The minimum atomic E-state index is 0.537. The number of hydrogen-bond acceptors (Lipinski definition) is 1. The first kappa shape index (κ1) is 10.4. The van der Waals surface area contributed by atoms with E-state index in [0.29, 0.717) is 6.04 Å². The SMILES string of the molecule is CC1=CCCN([C@H](C)c2ccccc2)C1. The molecule has 0 N–H and O–H groups in total. The van der Waals surface area contributed by atoms with Crippen LogP contribution in [-0.4, -0.2) is 18.0 Å². The summed E-state index contributed by atoms with van der Waals surface area (Å²) in [7, 11) is 0. The van der Waals surface area contributed by atoms with Gasteiger partial charge in [0, 0.05) is 19.1 Å². The quantitative estimate of drug-likeness (QED) is 0.663. The molecule has 0 unspecified atom stereocenters. The van der Waals surface area contributed by atoms with Crippen molar-refractivity contribution < 1.29 is 0 Å². The maximum atomic E-state index is 2.55. The molecule has 0 radical (unpaired) electrons. The molecule has 0 saturated carbocycles. The van der Waals surface area contributed by atoms with Crippen molar-refractivity contribution in [1.82, 2.24) is 4.90 Å². The van der Waals surface area contributed by atoms with Gasteiger partial charge in [0.2, 0.25) is 0 Å². The summed E-state index contributed by atoms with van der Waals surface area (Å²) < 4.78 is 0. The van der Waals surface area contributed by atoms with Crippen LogP contribution >= 0.6 is 0 Å². The first-order chi connectivity index (χ1) is 7.27. The van der Waals surface area contributed by atoms with E-state index in [9.17, 15) is 0 Å².